The van der Waals surface area contributed by atoms with E-state index < -0.39 is 46.9 Å². The number of thioether (sulfide) groups is 1. The van der Waals surface area contributed by atoms with Gasteiger partial charge in [-0.2, -0.15) is 0 Å². The molecule has 13 nitrogen and oxygen atoms in total. The van der Waals surface area contributed by atoms with Gasteiger partial charge in [-0.05, 0) is 27.8 Å². The standard InChI is InChI=1S/C47H40N6O7S2/c1-58-52-37(36-29-62-46(49-36)51-47(33-21-11-4-12-22-33,34-23-13-5-14-24-34)35-25-15-6-16-26-35)41(54)50-38-42(55)53-39(32(27-59-45(48)57)28-61-43(38)53)44(56)60-40(30-17-7-2-8-18-30)31-19-9-3-10-20-31/h2-26,29,38,40,43H,27-28H2,1H3,(H2,48,57)(H,49,51)(H,50,54)/b52-37-/t38-,43-/m1/s1. The number of ether oxygens (including phenoxy) is 2. The molecule has 6 aromatic rings. The van der Waals surface area contributed by atoms with Gasteiger partial charge in [0.05, 0.1) is 0 Å². The Morgan fingerprint density at radius 1 is 0.823 bits per heavy atom. The molecule has 0 unspecified atom stereocenters. The topological polar surface area (TPSA) is 175 Å². The Morgan fingerprint density at radius 3 is 1.84 bits per heavy atom. The third-order valence-electron chi connectivity index (χ3n) is 10.4. The number of thiazole rings is 1. The van der Waals surface area contributed by atoms with Gasteiger partial charge in [0.2, 0.25) is 0 Å². The largest absolute Gasteiger partial charge is 0.448 e. The van der Waals surface area contributed by atoms with Crippen LogP contribution in [0.25, 0.3) is 0 Å². The fraction of sp³-hybridized carbons (Fsp3) is 0.149. The Labute approximate surface area is 365 Å². The highest BCUT2D eigenvalue weighted by Crippen LogP contribution is 2.43. The monoisotopic (exact) mass is 864 g/mol. The summed E-state index contributed by atoms with van der Waals surface area (Å²) in [5.74, 6) is -1.93. The van der Waals surface area contributed by atoms with Crippen molar-refractivity contribution in [1.29, 1.82) is 0 Å². The van der Waals surface area contributed by atoms with E-state index in [2.05, 4.69) is 15.8 Å². The Kier molecular flexibility index (Phi) is 12.4. The summed E-state index contributed by atoms with van der Waals surface area (Å²) >= 11 is 2.56. The molecule has 3 heterocycles. The minimum Gasteiger partial charge on any atom is -0.448 e. The maximum absolute atomic E-state index is 14.2. The summed E-state index contributed by atoms with van der Waals surface area (Å²) in [5, 5.41) is 12.0. The molecule has 15 heteroatoms. The van der Waals surface area contributed by atoms with E-state index in [1.807, 2.05) is 152 Å². The minimum atomic E-state index is -1.06. The summed E-state index contributed by atoms with van der Waals surface area (Å²) in [6, 6.07) is 47.4. The van der Waals surface area contributed by atoms with Crippen LogP contribution in [-0.2, 0) is 34.2 Å². The van der Waals surface area contributed by atoms with Gasteiger partial charge in [0.15, 0.2) is 16.9 Å². The van der Waals surface area contributed by atoms with Crippen molar-refractivity contribution in [3.05, 3.63) is 202 Å². The number of primary amides is 1. The summed E-state index contributed by atoms with van der Waals surface area (Å²) < 4.78 is 11.3. The second kappa shape index (κ2) is 18.6. The zero-order valence-corrected chi connectivity index (χ0v) is 34.9. The van der Waals surface area contributed by atoms with Gasteiger partial charge < -0.3 is 30.7 Å². The van der Waals surface area contributed by atoms with Gasteiger partial charge in [0, 0.05) is 16.7 Å². The molecule has 0 bridgehead atoms. The normalized spacial score (nSPS) is 16.2. The molecule has 1 fully saturated rings. The van der Waals surface area contributed by atoms with E-state index >= 15 is 0 Å². The molecule has 62 heavy (non-hydrogen) atoms. The number of carbonyl (C=O) groups is 4. The van der Waals surface area contributed by atoms with E-state index in [-0.39, 0.29) is 29.5 Å². The van der Waals surface area contributed by atoms with Crippen LogP contribution >= 0.6 is 23.1 Å². The fourth-order valence-electron chi connectivity index (χ4n) is 7.57. The number of nitrogens with zero attached hydrogens (tertiary/aromatic N) is 3. The lowest BCUT2D eigenvalue weighted by atomic mass is 9.77. The number of nitrogens with two attached hydrogens (primary N) is 1. The quantitative estimate of drug-likeness (QED) is 0.0321. The number of benzene rings is 5. The van der Waals surface area contributed by atoms with Crippen molar-refractivity contribution in [2.75, 3.05) is 24.8 Å². The molecule has 4 N–H and O–H groups in total. The molecule has 3 amide bonds. The first-order chi connectivity index (χ1) is 30.3. The molecule has 8 rings (SSSR count). The molecular formula is C47H40N6O7S2. The molecule has 1 saturated heterocycles. The molecule has 312 valence electrons. The molecule has 0 radical (unpaired) electrons. The minimum absolute atomic E-state index is 0.0814. The molecule has 2 atom stereocenters. The highest BCUT2D eigenvalue weighted by atomic mass is 32.2. The van der Waals surface area contributed by atoms with E-state index in [1.54, 1.807) is 5.38 Å². The van der Waals surface area contributed by atoms with Crippen molar-refractivity contribution in [3.8, 4) is 0 Å². The first-order valence-corrected chi connectivity index (χ1v) is 21.4. The average Bonchev–Trinajstić information content (AvgIpc) is 3.79. The summed E-state index contributed by atoms with van der Waals surface area (Å²) in [6.45, 7) is -0.341. The van der Waals surface area contributed by atoms with Crippen LogP contribution < -0.4 is 16.4 Å². The maximum atomic E-state index is 14.2. The second-order valence-corrected chi connectivity index (χ2v) is 16.1. The predicted octanol–water partition coefficient (Wildman–Crippen LogP) is 6.98. The first kappa shape index (κ1) is 41.5. The summed E-state index contributed by atoms with van der Waals surface area (Å²) in [7, 11) is 1.31. The number of rotatable bonds is 15. The lowest BCUT2D eigenvalue weighted by molar-refractivity contribution is -0.154. The number of aromatic nitrogens is 1. The summed E-state index contributed by atoms with van der Waals surface area (Å²) in [5.41, 5.74) is 9.03. The van der Waals surface area contributed by atoms with Gasteiger partial charge in [0.25, 0.3) is 11.8 Å². The number of hydrogen-bond donors (Lipinski definition) is 3. The molecule has 2 aliphatic rings. The number of fused-ring (bicyclic) bond motifs is 1. The van der Waals surface area contributed by atoms with Crippen LogP contribution in [-0.4, -0.2) is 70.4 Å². The highest BCUT2D eigenvalue weighted by Gasteiger charge is 2.55. The summed E-state index contributed by atoms with van der Waals surface area (Å²) in [6.07, 6.45) is -1.86. The Bertz CT molecular complexity index is 2480. The van der Waals surface area contributed by atoms with Gasteiger partial charge in [-0.3, -0.25) is 14.5 Å². The van der Waals surface area contributed by atoms with Crippen LogP contribution in [0, 0.1) is 0 Å². The number of esters is 1. The van der Waals surface area contributed by atoms with Crippen molar-refractivity contribution in [3.63, 3.8) is 0 Å². The number of hydrogen-bond acceptors (Lipinski definition) is 12. The van der Waals surface area contributed by atoms with Crippen LogP contribution in [0.1, 0.15) is 39.6 Å². The van der Waals surface area contributed by atoms with Crippen LogP contribution in [0.4, 0.5) is 9.93 Å². The zero-order chi connectivity index (χ0) is 43.1. The smallest absolute Gasteiger partial charge is 0.404 e. The van der Waals surface area contributed by atoms with Crippen molar-refractivity contribution in [2.24, 2.45) is 10.9 Å². The van der Waals surface area contributed by atoms with Crippen LogP contribution in [0.15, 0.2) is 173 Å². The number of carbonyl (C=O) groups excluding carboxylic acids is 4. The van der Waals surface area contributed by atoms with E-state index in [0.29, 0.717) is 21.8 Å². The van der Waals surface area contributed by atoms with Crippen molar-refractivity contribution in [1.82, 2.24) is 15.2 Å². The van der Waals surface area contributed by atoms with E-state index in [9.17, 15) is 19.2 Å². The zero-order valence-electron chi connectivity index (χ0n) is 33.3. The highest BCUT2D eigenvalue weighted by molar-refractivity contribution is 8.00. The van der Waals surface area contributed by atoms with Gasteiger partial charge in [-0.15, -0.1) is 23.1 Å². The number of anilines is 1. The van der Waals surface area contributed by atoms with E-state index in [0.717, 1.165) is 16.7 Å². The van der Waals surface area contributed by atoms with Crippen LogP contribution in [0.2, 0.25) is 0 Å². The Hall–Kier alpha value is -7.23. The molecule has 1 aromatic heterocycles. The van der Waals surface area contributed by atoms with E-state index in [1.165, 1.54) is 35.1 Å². The Balaban J connectivity index is 1.05. The first-order valence-electron chi connectivity index (χ1n) is 19.5. The fourth-order valence-corrected chi connectivity index (χ4v) is 9.65. The molecule has 0 spiro atoms. The third kappa shape index (κ3) is 8.40. The van der Waals surface area contributed by atoms with Crippen LogP contribution in [0.5, 0.6) is 0 Å². The van der Waals surface area contributed by atoms with Crippen molar-refractivity contribution in [2.45, 2.75) is 23.1 Å². The van der Waals surface area contributed by atoms with Gasteiger partial charge >= 0.3 is 12.1 Å². The second-order valence-electron chi connectivity index (χ2n) is 14.2. The number of β-lactam (4-membered cyclic amide) rings is 1. The van der Waals surface area contributed by atoms with E-state index in [4.69, 9.17) is 25.0 Å². The maximum Gasteiger partial charge on any atom is 0.404 e. The van der Waals surface area contributed by atoms with Crippen molar-refractivity contribution >= 4 is 57.8 Å². The number of oxime groups is 1. The number of amides is 3. The SMILES string of the molecule is CO/N=C(\C(=O)N[C@@H]1C(=O)N2C(C(=O)OC(c3ccccc3)c3ccccc3)=C(COC(N)=O)CS[C@H]12)c1csc(NC(c2ccccc2)(c2ccccc2)c2ccccc2)n1. The lowest BCUT2D eigenvalue weighted by Crippen LogP contribution is -2.71. The van der Waals surface area contributed by atoms with Gasteiger partial charge in [0.1, 0.15) is 42.1 Å². The van der Waals surface area contributed by atoms with Gasteiger partial charge in [-0.25, -0.2) is 14.6 Å². The molecule has 0 aliphatic carbocycles. The average molecular weight is 865 g/mol. The summed E-state index contributed by atoms with van der Waals surface area (Å²) in [4.78, 5) is 65.3. The molecular weight excluding hydrogens is 825 g/mol. The van der Waals surface area contributed by atoms with Crippen LogP contribution in [0.3, 0.4) is 0 Å². The Morgan fingerprint density at radius 2 is 1.34 bits per heavy atom. The molecule has 2 aliphatic heterocycles. The third-order valence-corrected chi connectivity index (χ3v) is 12.5. The van der Waals surface area contributed by atoms with Gasteiger partial charge in [-0.1, -0.05) is 157 Å². The molecule has 5 aromatic carbocycles. The molecule has 0 saturated carbocycles. The lowest BCUT2D eigenvalue weighted by Gasteiger charge is -2.49. The number of nitrogens with one attached hydrogen (secondary N) is 2. The predicted molar refractivity (Wildman–Crippen MR) is 237 cm³/mol. The van der Waals surface area contributed by atoms with Crippen molar-refractivity contribution < 1.29 is 33.5 Å².